The van der Waals surface area contributed by atoms with E-state index in [0.29, 0.717) is 36.2 Å². The number of hydrogen-bond acceptors (Lipinski definition) is 5. The number of carbonyl (C=O) groups excluding carboxylic acids is 1. The largest absolute Gasteiger partial charge is 0.355 e. The Balaban J connectivity index is 1.60. The Morgan fingerprint density at radius 1 is 1.19 bits per heavy atom. The van der Waals surface area contributed by atoms with Crippen LogP contribution in [0.5, 0.6) is 0 Å². The molecule has 1 N–H and O–H groups in total. The number of amides is 2. The molecule has 8 nitrogen and oxygen atoms in total. The van der Waals surface area contributed by atoms with Gasteiger partial charge in [0.05, 0.1) is 4.92 Å². The molecule has 0 unspecified atom stereocenters. The first-order valence-electron chi connectivity index (χ1n) is 8.20. The second-order valence-electron chi connectivity index (χ2n) is 5.90. The molecule has 136 valence electrons. The second-order valence-corrected chi connectivity index (χ2v) is 6.34. The third-order valence-corrected chi connectivity index (χ3v) is 4.36. The highest BCUT2D eigenvalue weighted by atomic mass is 35.5. The molecule has 0 bridgehead atoms. The van der Waals surface area contributed by atoms with E-state index in [1.807, 2.05) is 4.90 Å². The number of nitrogens with one attached hydrogen (secondary N) is 1. The Bertz CT molecular complexity index is 799. The molecule has 2 aromatic rings. The molecule has 2 amide bonds. The predicted octanol–water partition coefficient (Wildman–Crippen LogP) is 3.39. The number of halogens is 1. The highest BCUT2D eigenvalue weighted by Gasteiger charge is 2.20. The molecule has 1 saturated heterocycles. The summed E-state index contributed by atoms with van der Waals surface area (Å²) in [6.45, 7) is 2.49. The van der Waals surface area contributed by atoms with E-state index in [4.69, 9.17) is 11.6 Å². The number of aromatic nitrogens is 1. The van der Waals surface area contributed by atoms with Crippen LogP contribution >= 0.6 is 11.6 Å². The number of rotatable bonds is 3. The summed E-state index contributed by atoms with van der Waals surface area (Å²) in [7, 11) is 0. The Kier molecular flexibility index (Phi) is 5.52. The van der Waals surface area contributed by atoms with Crippen molar-refractivity contribution < 1.29 is 9.72 Å². The van der Waals surface area contributed by atoms with Crippen molar-refractivity contribution in [3.05, 3.63) is 57.7 Å². The van der Waals surface area contributed by atoms with Gasteiger partial charge in [-0.2, -0.15) is 0 Å². The topological polar surface area (TPSA) is 91.6 Å². The van der Waals surface area contributed by atoms with Crippen LogP contribution in [0.4, 0.5) is 22.0 Å². The van der Waals surface area contributed by atoms with Gasteiger partial charge in [0, 0.05) is 43.0 Å². The van der Waals surface area contributed by atoms with Crippen LogP contribution in [0.25, 0.3) is 0 Å². The maximum Gasteiger partial charge on any atom is 0.321 e. The SMILES string of the molecule is O=C(Nc1cccc(Cl)c1)N1CCCN(c2ccc([N+](=O)[O-])cn2)CC1. The predicted molar refractivity (Wildman–Crippen MR) is 99.8 cm³/mol. The van der Waals surface area contributed by atoms with E-state index in [0.717, 1.165) is 13.0 Å². The quantitative estimate of drug-likeness (QED) is 0.655. The highest BCUT2D eigenvalue weighted by molar-refractivity contribution is 6.30. The van der Waals surface area contributed by atoms with Gasteiger partial charge in [0.15, 0.2) is 0 Å². The van der Waals surface area contributed by atoms with Crippen LogP contribution in [0.1, 0.15) is 6.42 Å². The molecular formula is C17H18ClN5O3. The molecule has 2 heterocycles. The molecule has 1 aromatic heterocycles. The zero-order valence-electron chi connectivity index (χ0n) is 14.0. The van der Waals surface area contributed by atoms with E-state index in [1.54, 1.807) is 35.2 Å². The lowest BCUT2D eigenvalue weighted by Crippen LogP contribution is -2.38. The molecule has 26 heavy (non-hydrogen) atoms. The van der Waals surface area contributed by atoms with Crippen LogP contribution in [-0.2, 0) is 0 Å². The summed E-state index contributed by atoms with van der Waals surface area (Å²) < 4.78 is 0. The summed E-state index contributed by atoms with van der Waals surface area (Å²) in [6.07, 6.45) is 2.03. The van der Waals surface area contributed by atoms with Crippen LogP contribution < -0.4 is 10.2 Å². The van der Waals surface area contributed by atoms with E-state index >= 15 is 0 Å². The Morgan fingerprint density at radius 2 is 2.04 bits per heavy atom. The van der Waals surface area contributed by atoms with Crippen molar-refractivity contribution in [2.75, 3.05) is 36.4 Å². The molecule has 1 fully saturated rings. The number of pyridine rings is 1. The standard InChI is InChI=1S/C17H18ClN5O3/c18-13-3-1-4-14(11-13)20-17(24)22-8-2-7-21(9-10-22)16-6-5-15(12-19-16)23(25)26/h1,3-6,11-12H,2,7-10H2,(H,20,24). The van der Waals surface area contributed by atoms with Crippen LogP contribution in [-0.4, -0.2) is 47.0 Å². The fourth-order valence-electron chi connectivity index (χ4n) is 2.79. The van der Waals surface area contributed by atoms with Gasteiger partial charge in [-0.05, 0) is 30.7 Å². The molecule has 0 radical (unpaired) electrons. The van der Waals surface area contributed by atoms with E-state index < -0.39 is 4.92 Å². The Hall–Kier alpha value is -2.87. The summed E-state index contributed by atoms with van der Waals surface area (Å²) in [6, 6.07) is 9.92. The van der Waals surface area contributed by atoms with Crippen molar-refractivity contribution in [3.63, 3.8) is 0 Å². The Labute approximate surface area is 155 Å². The van der Waals surface area contributed by atoms with Crippen LogP contribution in [0, 0.1) is 10.1 Å². The third-order valence-electron chi connectivity index (χ3n) is 4.13. The summed E-state index contributed by atoms with van der Waals surface area (Å²) in [5.74, 6) is 0.674. The van der Waals surface area contributed by atoms with Crippen molar-refractivity contribution in [1.82, 2.24) is 9.88 Å². The van der Waals surface area contributed by atoms with Gasteiger partial charge >= 0.3 is 6.03 Å². The van der Waals surface area contributed by atoms with Crippen molar-refractivity contribution in [1.29, 1.82) is 0 Å². The minimum atomic E-state index is -0.471. The molecule has 1 aliphatic heterocycles. The zero-order valence-corrected chi connectivity index (χ0v) is 14.7. The lowest BCUT2D eigenvalue weighted by atomic mass is 10.3. The Morgan fingerprint density at radius 3 is 2.73 bits per heavy atom. The average Bonchev–Trinajstić information content (AvgIpc) is 2.88. The molecule has 9 heteroatoms. The molecule has 3 rings (SSSR count). The number of hydrogen-bond donors (Lipinski definition) is 1. The van der Waals surface area contributed by atoms with Gasteiger partial charge < -0.3 is 15.1 Å². The number of anilines is 2. The molecule has 0 saturated carbocycles. The van der Waals surface area contributed by atoms with Crippen molar-refractivity contribution in [2.45, 2.75) is 6.42 Å². The van der Waals surface area contributed by atoms with Gasteiger partial charge in [0.1, 0.15) is 12.0 Å². The van der Waals surface area contributed by atoms with E-state index in [1.165, 1.54) is 12.3 Å². The normalized spacial score (nSPS) is 14.7. The number of urea groups is 1. The maximum absolute atomic E-state index is 12.5. The van der Waals surface area contributed by atoms with Crippen molar-refractivity contribution >= 4 is 34.8 Å². The van der Waals surface area contributed by atoms with E-state index in [-0.39, 0.29) is 11.7 Å². The maximum atomic E-state index is 12.5. The van der Waals surface area contributed by atoms with Gasteiger partial charge in [0.25, 0.3) is 5.69 Å². The van der Waals surface area contributed by atoms with Crippen LogP contribution in [0.3, 0.4) is 0 Å². The lowest BCUT2D eigenvalue weighted by molar-refractivity contribution is -0.385. The van der Waals surface area contributed by atoms with Crippen molar-refractivity contribution in [3.8, 4) is 0 Å². The van der Waals surface area contributed by atoms with Gasteiger partial charge in [-0.25, -0.2) is 9.78 Å². The van der Waals surface area contributed by atoms with Gasteiger partial charge in [-0.1, -0.05) is 17.7 Å². The fraction of sp³-hybridized carbons (Fsp3) is 0.294. The van der Waals surface area contributed by atoms with E-state index in [9.17, 15) is 14.9 Å². The van der Waals surface area contributed by atoms with E-state index in [2.05, 4.69) is 10.3 Å². The van der Waals surface area contributed by atoms with Crippen LogP contribution in [0.2, 0.25) is 5.02 Å². The molecule has 0 atom stereocenters. The molecule has 0 spiro atoms. The van der Waals surface area contributed by atoms with Gasteiger partial charge in [-0.3, -0.25) is 10.1 Å². The monoisotopic (exact) mass is 375 g/mol. The highest BCUT2D eigenvalue weighted by Crippen LogP contribution is 2.19. The first-order valence-corrected chi connectivity index (χ1v) is 8.57. The molecule has 1 aromatic carbocycles. The van der Waals surface area contributed by atoms with Gasteiger partial charge in [-0.15, -0.1) is 0 Å². The number of nitro groups is 1. The molecule has 1 aliphatic rings. The molecular weight excluding hydrogens is 358 g/mol. The lowest BCUT2D eigenvalue weighted by Gasteiger charge is -2.23. The smallest absolute Gasteiger partial charge is 0.321 e. The summed E-state index contributed by atoms with van der Waals surface area (Å²) >= 11 is 5.94. The number of nitrogens with zero attached hydrogens (tertiary/aromatic N) is 4. The fourth-order valence-corrected chi connectivity index (χ4v) is 2.98. The molecule has 0 aliphatic carbocycles. The summed E-state index contributed by atoms with van der Waals surface area (Å²) in [5, 5.41) is 14.1. The first kappa shape index (κ1) is 17.9. The average molecular weight is 376 g/mol. The first-order chi connectivity index (χ1) is 12.5. The third kappa shape index (κ3) is 4.40. The minimum Gasteiger partial charge on any atom is -0.355 e. The summed E-state index contributed by atoms with van der Waals surface area (Å²) in [4.78, 5) is 30.6. The van der Waals surface area contributed by atoms with Gasteiger partial charge in [0.2, 0.25) is 0 Å². The summed E-state index contributed by atoms with van der Waals surface area (Å²) in [5.41, 5.74) is 0.617. The number of carbonyl (C=O) groups is 1. The minimum absolute atomic E-state index is 0.0360. The van der Waals surface area contributed by atoms with Crippen molar-refractivity contribution in [2.24, 2.45) is 0 Å². The number of benzene rings is 1. The second kappa shape index (κ2) is 8.01. The van der Waals surface area contributed by atoms with Crippen LogP contribution in [0.15, 0.2) is 42.6 Å². The zero-order chi connectivity index (χ0) is 18.5.